The monoisotopic (exact) mass is 443 g/mol. The van der Waals surface area contributed by atoms with E-state index >= 15 is 0 Å². The van der Waals surface area contributed by atoms with Gasteiger partial charge < -0.3 is 9.67 Å². The second kappa shape index (κ2) is 8.89. The van der Waals surface area contributed by atoms with Crippen LogP contribution >= 0.6 is 0 Å². The van der Waals surface area contributed by atoms with Crippen molar-refractivity contribution in [2.24, 2.45) is 0 Å². The van der Waals surface area contributed by atoms with E-state index in [0.29, 0.717) is 18.9 Å². The highest BCUT2D eigenvalue weighted by atomic mass is 32.2. The number of aliphatic carboxylic acids is 1. The molecule has 0 fully saturated rings. The van der Waals surface area contributed by atoms with Crippen LogP contribution in [0, 0.1) is 11.3 Å². The topological polar surface area (TPSA) is 103 Å². The van der Waals surface area contributed by atoms with Gasteiger partial charge in [-0.05, 0) is 30.2 Å². The van der Waals surface area contributed by atoms with Gasteiger partial charge in [-0.25, -0.2) is 12.7 Å². The van der Waals surface area contributed by atoms with Crippen molar-refractivity contribution in [1.82, 2.24) is 8.87 Å². The van der Waals surface area contributed by atoms with Crippen LogP contribution < -0.4 is 0 Å². The van der Waals surface area contributed by atoms with E-state index in [1.54, 1.807) is 6.07 Å². The number of unbranched alkanes of at least 4 members (excludes halogenated alkanes) is 1. The molecule has 11 heteroatoms. The highest BCUT2D eigenvalue weighted by molar-refractivity contribution is 7.89. The molecule has 2 aromatic rings. The Morgan fingerprint density at radius 2 is 1.93 bits per heavy atom. The van der Waals surface area contributed by atoms with E-state index in [1.165, 1.54) is 19.4 Å². The first-order valence-corrected chi connectivity index (χ1v) is 10.3. The lowest BCUT2D eigenvalue weighted by molar-refractivity contribution is -0.138. The number of nitrogens with zero attached hydrogens (tertiary/aromatic N) is 3. The first-order valence-electron chi connectivity index (χ1n) is 8.90. The first-order chi connectivity index (χ1) is 13.9. The summed E-state index contributed by atoms with van der Waals surface area (Å²) in [6, 6.07) is 4.16. The number of carboxylic acid groups (broad SMARTS) is 1. The molecule has 0 aliphatic carbocycles. The summed E-state index contributed by atoms with van der Waals surface area (Å²) >= 11 is 0. The minimum Gasteiger partial charge on any atom is -0.480 e. The molecular weight excluding hydrogens is 423 g/mol. The van der Waals surface area contributed by atoms with Crippen LogP contribution in [0.5, 0.6) is 0 Å². The van der Waals surface area contributed by atoms with E-state index in [1.807, 2.05) is 6.92 Å². The minimum absolute atomic E-state index is 0.0116. The number of rotatable bonds is 8. The molecule has 30 heavy (non-hydrogen) atoms. The summed E-state index contributed by atoms with van der Waals surface area (Å²) in [6.07, 6.45) is -1.18. The lowest BCUT2D eigenvalue weighted by Crippen LogP contribution is -2.28. The van der Waals surface area contributed by atoms with Crippen LogP contribution in [0.1, 0.15) is 30.9 Å². The normalized spacial score (nSPS) is 12.2. The van der Waals surface area contributed by atoms with E-state index in [0.717, 1.165) is 21.0 Å². The van der Waals surface area contributed by atoms with Crippen molar-refractivity contribution < 1.29 is 31.5 Å². The third kappa shape index (κ3) is 5.20. The molecule has 0 aliphatic heterocycles. The molecule has 1 aromatic carbocycles. The number of nitriles is 1. The van der Waals surface area contributed by atoms with Gasteiger partial charge >= 0.3 is 12.1 Å². The summed E-state index contributed by atoms with van der Waals surface area (Å²) < 4.78 is 68.1. The highest BCUT2D eigenvalue weighted by Crippen LogP contribution is 2.36. The summed E-state index contributed by atoms with van der Waals surface area (Å²) in [5, 5.41) is 18.2. The molecule has 0 saturated carbocycles. The molecule has 0 saturated heterocycles. The predicted molar refractivity (Wildman–Crippen MR) is 102 cm³/mol. The Hall–Kier alpha value is -2.84. The average molecular weight is 443 g/mol. The molecule has 0 spiro atoms. The van der Waals surface area contributed by atoms with E-state index in [4.69, 9.17) is 5.11 Å². The molecule has 0 radical (unpaired) electrons. The van der Waals surface area contributed by atoms with E-state index in [-0.39, 0.29) is 23.2 Å². The Morgan fingerprint density at radius 1 is 1.27 bits per heavy atom. The average Bonchev–Trinajstić information content (AvgIpc) is 3.07. The molecule has 0 amide bonds. The van der Waals surface area contributed by atoms with Crippen LogP contribution in [-0.2, 0) is 27.5 Å². The van der Waals surface area contributed by atoms with Gasteiger partial charge in [0.15, 0.2) is 0 Å². The fraction of sp³-hybridized carbons (Fsp3) is 0.368. The van der Waals surface area contributed by atoms with Gasteiger partial charge in [0.2, 0.25) is 10.0 Å². The fourth-order valence-electron chi connectivity index (χ4n) is 2.82. The van der Waals surface area contributed by atoms with Crippen molar-refractivity contribution >= 4 is 16.0 Å². The number of benzene rings is 1. The number of hydrogen-bond acceptors (Lipinski definition) is 4. The summed E-state index contributed by atoms with van der Waals surface area (Å²) in [6.45, 7) is 1.50. The predicted octanol–water partition coefficient (Wildman–Crippen LogP) is 3.55. The molecule has 7 nitrogen and oxygen atoms in total. The Bertz CT molecular complexity index is 1090. The van der Waals surface area contributed by atoms with E-state index in [9.17, 15) is 31.6 Å². The molecular formula is C19H20F3N3O4S. The first kappa shape index (κ1) is 23.4. The lowest BCUT2D eigenvalue weighted by atomic mass is 10.0. The molecule has 1 aromatic heterocycles. The Labute approximate surface area is 172 Å². The van der Waals surface area contributed by atoms with Crippen LogP contribution in [0.2, 0.25) is 0 Å². The van der Waals surface area contributed by atoms with Crippen LogP contribution in [0.15, 0.2) is 35.5 Å². The molecule has 0 unspecified atom stereocenters. The van der Waals surface area contributed by atoms with Gasteiger partial charge in [0.05, 0.1) is 16.0 Å². The minimum atomic E-state index is -4.82. The smallest absolute Gasteiger partial charge is 0.416 e. The maximum absolute atomic E-state index is 13.5. The molecule has 1 N–H and O–H groups in total. The second-order valence-corrected chi connectivity index (χ2v) is 8.73. The molecule has 0 atom stereocenters. The van der Waals surface area contributed by atoms with Crippen molar-refractivity contribution in [2.75, 3.05) is 13.6 Å². The Balaban J connectivity index is 2.68. The van der Waals surface area contributed by atoms with Gasteiger partial charge in [0, 0.05) is 31.5 Å². The number of carbonyl (C=O) groups is 1. The maximum Gasteiger partial charge on any atom is 0.416 e. The van der Waals surface area contributed by atoms with Gasteiger partial charge in [-0.3, -0.25) is 4.79 Å². The zero-order chi connectivity index (χ0) is 22.7. The number of aromatic nitrogens is 1. The lowest BCUT2D eigenvalue weighted by Gasteiger charge is -2.19. The van der Waals surface area contributed by atoms with Gasteiger partial charge in [0.25, 0.3) is 0 Å². The van der Waals surface area contributed by atoms with Crippen molar-refractivity contribution in [2.45, 2.75) is 37.4 Å². The Morgan fingerprint density at radius 3 is 2.47 bits per heavy atom. The van der Waals surface area contributed by atoms with Gasteiger partial charge in [0.1, 0.15) is 12.6 Å². The summed E-state index contributed by atoms with van der Waals surface area (Å²) in [4.78, 5) is 10.4. The number of sulfonamides is 1. The van der Waals surface area contributed by atoms with Crippen molar-refractivity contribution in [3.63, 3.8) is 0 Å². The Kier molecular flexibility index (Phi) is 6.95. The molecule has 0 aliphatic rings. The molecule has 162 valence electrons. The third-order valence-electron chi connectivity index (χ3n) is 4.40. The highest BCUT2D eigenvalue weighted by Gasteiger charge is 2.34. The standard InChI is InChI=1S/C19H20F3N3O4S/c1-3-4-5-24(2)30(28,29)16-7-13(6-15(8-16)19(20,21)22)17-11-25(12-18(26)27)10-14(17)9-23/h6-8,10-11H,3-5,12H2,1-2H3,(H,26,27). The molecule has 2 rings (SSSR count). The van der Waals surface area contributed by atoms with Gasteiger partial charge in [-0.15, -0.1) is 0 Å². The number of alkyl halides is 3. The largest absolute Gasteiger partial charge is 0.480 e. The van der Waals surface area contributed by atoms with Crippen LogP contribution in [0.3, 0.4) is 0 Å². The number of halogens is 3. The second-order valence-electron chi connectivity index (χ2n) is 6.69. The zero-order valence-electron chi connectivity index (χ0n) is 16.3. The summed E-state index contributed by atoms with van der Waals surface area (Å²) in [7, 11) is -2.92. The van der Waals surface area contributed by atoms with Gasteiger partial charge in [-0.2, -0.15) is 18.4 Å². The van der Waals surface area contributed by atoms with E-state index in [2.05, 4.69) is 0 Å². The molecule has 0 bridgehead atoms. The zero-order valence-corrected chi connectivity index (χ0v) is 17.1. The van der Waals surface area contributed by atoms with Gasteiger partial charge in [-0.1, -0.05) is 13.3 Å². The third-order valence-corrected chi connectivity index (χ3v) is 6.23. The van der Waals surface area contributed by atoms with Crippen LogP contribution in [0.25, 0.3) is 11.1 Å². The SMILES string of the molecule is CCCCN(C)S(=O)(=O)c1cc(-c2cn(CC(=O)O)cc2C#N)cc(C(F)(F)F)c1. The quantitative estimate of drug-likeness (QED) is 0.672. The maximum atomic E-state index is 13.5. The fourth-order valence-corrected chi connectivity index (χ4v) is 4.10. The van der Waals surface area contributed by atoms with Crippen LogP contribution in [0.4, 0.5) is 13.2 Å². The summed E-state index contributed by atoms with van der Waals surface area (Å²) in [5.74, 6) is -1.20. The van der Waals surface area contributed by atoms with Crippen molar-refractivity contribution in [1.29, 1.82) is 5.26 Å². The number of hydrogen-bond donors (Lipinski definition) is 1. The van der Waals surface area contributed by atoms with Crippen molar-refractivity contribution in [3.8, 4) is 17.2 Å². The summed E-state index contributed by atoms with van der Waals surface area (Å²) in [5.41, 5.74) is -1.39. The molecule has 1 heterocycles. The van der Waals surface area contributed by atoms with Crippen molar-refractivity contribution in [3.05, 3.63) is 41.7 Å². The number of carboxylic acids is 1. The van der Waals surface area contributed by atoms with E-state index < -0.39 is 39.2 Å². The van der Waals surface area contributed by atoms with Crippen LogP contribution in [-0.4, -0.2) is 42.0 Å².